The second-order valence-electron chi connectivity index (χ2n) is 7.25. The van der Waals surface area contributed by atoms with Crippen molar-refractivity contribution in [1.82, 2.24) is 15.0 Å². The molecule has 2 heterocycles. The van der Waals surface area contributed by atoms with Gasteiger partial charge in [-0.25, -0.2) is 15.0 Å². The first-order valence-corrected chi connectivity index (χ1v) is 11.0. The Bertz CT molecular complexity index is 1270. The molecule has 0 radical (unpaired) electrons. The lowest BCUT2D eigenvalue weighted by atomic mass is 10.1. The monoisotopic (exact) mass is 449 g/mol. The Hall–Kier alpha value is -3.72. The van der Waals surface area contributed by atoms with Crippen LogP contribution in [-0.2, 0) is 0 Å². The fourth-order valence-corrected chi connectivity index (χ4v) is 3.87. The summed E-state index contributed by atoms with van der Waals surface area (Å²) in [4.78, 5) is 24.5. The van der Waals surface area contributed by atoms with Gasteiger partial charge in [-0.05, 0) is 39.0 Å². The number of nitrogens with two attached hydrogens (primary N) is 1. The first kappa shape index (κ1) is 21.5. The summed E-state index contributed by atoms with van der Waals surface area (Å²) in [5.74, 6) is 1.39. The predicted octanol–water partition coefficient (Wildman–Crippen LogP) is 4.78. The zero-order valence-electron chi connectivity index (χ0n) is 18.0. The van der Waals surface area contributed by atoms with Crippen LogP contribution in [0.2, 0.25) is 0 Å². The van der Waals surface area contributed by atoms with Crippen LogP contribution in [0.3, 0.4) is 0 Å². The van der Waals surface area contributed by atoms with Gasteiger partial charge in [0.2, 0.25) is 0 Å². The number of nitrogens with one attached hydrogen (secondary N) is 1. The van der Waals surface area contributed by atoms with Crippen molar-refractivity contribution in [3.63, 3.8) is 0 Å². The van der Waals surface area contributed by atoms with Crippen LogP contribution >= 0.6 is 11.3 Å². The molecule has 0 aliphatic rings. The molecule has 0 saturated carbocycles. The molecular weight excluding hydrogens is 426 g/mol. The van der Waals surface area contributed by atoms with Crippen LogP contribution in [0.15, 0.2) is 48.1 Å². The average molecular weight is 450 g/mol. The topological polar surface area (TPSA) is 112 Å². The third-order valence-corrected chi connectivity index (χ3v) is 5.36. The zero-order valence-corrected chi connectivity index (χ0v) is 18.8. The summed E-state index contributed by atoms with van der Waals surface area (Å²) in [5, 5.41) is 6.25. The number of primary amides is 1. The average Bonchev–Trinajstić information content (AvgIpc) is 3.25. The van der Waals surface area contributed by atoms with Crippen molar-refractivity contribution >= 4 is 39.7 Å². The summed E-state index contributed by atoms with van der Waals surface area (Å²) in [6.07, 6.45) is 1.52. The molecule has 9 heteroatoms. The van der Waals surface area contributed by atoms with Crippen molar-refractivity contribution in [1.29, 1.82) is 0 Å². The molecule has 8 nitrogen and oxygen atoms in total. The number of hydrogen-bond acceptors (Lipinski definition) is 8. The fourth-order valence-electron chi connectivity index (χ4n) is 3.19. The molecule has 0 saturated heterocycles. The van der Waals surface area contributed by atoms with Crippen molar-refractivity contribution in [2.24, 2.45) is 5.73 Å². The molecule has 4 rings (SSSR count). The highest BCUT2D eigenvalue weighted by Gasteiger charge is 2.14. The van der Waals surface area contributed by atoms with E-state index >= 15 is 0 Å². The van der Waals surface area contributed by atoms with Gasteiger partial charge in [-0.15, -0.1) is 11.3 Å². The van der Waals surface area contributed by atoms with E-state index in [9.17, 15) is 4.79 Å². The van der Waals surface area contributed by atoms with E-state index in [1.165, 1.54) is 17.7 Å². The normalized spacial score (nSPS) is 11.0. The molecule has 0 spiro atoms. The lowest BCUT2D eigenvalue weighted by Crippen LogP contribution is -2.10. The van der Waals surface area contributed by atoms with Gasteiger partial charge in [0.25, 0.3) is 5.91 Å². The lowest BCUT2D eigenvalue weighted by Gasteiger charge is -2.16. The Morgan fingerprint density at radius 1 is 1.19 bits per heavy atom. The largest absolute Gasteiger partial charge is 0.490 e. The standard InChI is InChI=1S/C23H23N5O3S/c1-4-30-19-9-16-17(10-20(19)31-13(2)3)25-12-26-22(16)27-15-7-5-6-14(8-15)18-11-32-23(28-18)21(24)29/h5-13H,4H2,1-3H3,(H2,24,29)(H,25,26,27). The van der Waals surface area contributed by atoms with Crippen LogP contribution in [0, 0.1) is 0 Å². The number of hydrogen-bond donors (Lipinski definition) is 2. The maximum atomic E-state index is 11.4. The van der Waals surface area contributed by atoms with E-state index < -0.39 is 5.91 Å². The maximum Gasteiger partial charge on any atom is 0.277 e. The van der Waals surface area contributed by atoms with E-state index in [-0.39, 0.29) is 11.1 Å². The van der Waals surface area contributed by atoms with E-state index in [1.807, 2.05) is 62.5 Å². The number of amides is 1. The smallest absolute Gasteiger partial charge is 0.277 e. The number of carbonyl (C=O) groups is 1. The molecule has 0 unspecified atom stereocenters. The minimum Gasteiger partial charge on any atom is -0.490 e. The van der Waals surface area contributed by atoms with Gasteiger partial charge in [-0.3, -0.25) is 4.79 Å². The summed E-state index contributed by atoms with van der Waals surface area (Å²) >= 11 is 1.22. The van der Waals surface area contributed by atoms with Crippen LogP contribution < -0.4 is 20.5 Å². The number of anilines is 2. The van der Waals surface area contributed by atoms with E-state index in [0.717, 1.165) is 22.2 Å². The van der Waals surface area contributed by atoms with Gasteiger partial charge >= 0.3 is 0 Å². The highest BCUT2D eigenvalue weighted by Crippen LogP contribution is 2.36. The summed E-state index contributed by atoms with van der Waals surface area (Å²) in [5.41, 5.74) is 8.43. The number of aromatic nitrogens is 3. The third kappa shape index (κ3) is 4.62. The SMILES string of the molecule is CCOc1cc2c(Nc3cccc(-c4csc(C(N)=O)n4)c3)ncnc2cc1OC(C)C. The van der Waals surface area contributed by atoms with E-state index in [1.54, 1.807) is 0 Å². The lowest BCUT2D eigenvalue weighted by molar-refractivity contribution is 0.1000. The molecule has 0 atom stereocenters. The number of rotatable bonds is 8. The van der Waals surface area contributed by atoms with Crippen LogP contribution in [0.25, 0.3) is 22.2 Å². The minimum absolute atomic E-state index is 0.00891. The number of ether oxygens (including phenoxy) is 2. The summed E-state index contributed by atoms with van der Waals surface area (Å²) in [7, 11) is 0. The van der Waals surface area contributed by atoms with Crippen molar-refractivity contribution in [2.45, 2.75) is 26.9 Å². The van der Waals surface area contributed by atoms with Crippen LogP contribution in [0.1, 0.15) is 30.6 Å². The number of thiazole rings is 1. The fraction of sp³-hybridized carbons (Fsp3) is 0.217. The van der Waals surface area contributed by atoms with Gasteiger partial charge in [0, 0.05) is 28.1 Å². The number of carbonyl (C=O) groups excluding carboxylic acids is 1. The minimum atomic E-state index is -0.533. The molecule has 1 amide bonds. The van der Waals surface area contributed by atoms with Crippen LogP contribution in [-0.4, -0.2) is 33.6 Å². The highest BCUT2D eigenvalue weighted by molar-refractivity contribution is 7.12. The van der Waals surface area contributed by atoms with Gasteiger partial charge in [0.15, 0.2) is 16.5 Å². The molecule has 0 bridgehead atoms. The molecule has 32 heavy (non-hydrogen) atoms. The molecule has 0 fully saturated rings. The van der Waals surface area contributed by atoms with Gasteiger partial charge in [0.1, 0.15) is 12.1 Å². The first-order chi connectivity index (χ1) is 15.4. The van der Waals surface area contributed by atoms with Crippen LogP contribution in [0.4, 0.5) is 11.5 Å². The summed E-state index contributed by atoms with van der Waals surface area (Å²) < 4.78 is 11.7. The molecular formula is C23H23N5O3S. The number of fused-ring (bicyclic) bond motifs is 1. The summed E-state index contributed by atoms with van der Waals surface area (Å²) in [6, 6.07) is 11.5. The van der Waals surface area contributed by atoms with E-state index in [2.05, 4.69) is 20.3 Å². The molecule has 3 N–H and O–H groups in total. The third-order valence-electron chi connectivity index (χ3n) is 4.50. The molecule has 164 valence electrons. The number of nitrogens with zero attached hydrogens (tertiary/aromatic N) is 3. The molecule has 2 aromatic heterocycles. The van der Waals surface area contributed by atoms with E-state index in [4.69, 9.17) is 15.2 Å². The second-order valence-corrected chi connectivity index (χ2v) is 8.10. The van der Waals surface area contributed by atoms with Crippen molar-refractivity contribution in [3.05, 3.63) is 53.1 Å². The maximum absolute atomic E-state index is 11.4. The molecule has 2 aromatic carbocycles. The second kappa shape index (κ2) is 9.19. The quantitative estimate of drug-likeness (QED) is 0.398. The summed E-state index contributed by atoms with van der Waals surface area (Å²) in [6.45, 7) is 6.38. The van der Waals surface area contributed by atoms with Crippen molar-refractivity contribution in [3.8, 4) is 22.8 Å². The van der Waals surface area contributed by atoms with Crippen molar-refractivity contribution in [2.75, 3.05) is 11.9 Å². The Morgan fingerprint density at radius 3 is 2.75 bits per heavy atom. The van der Waals surface area contributed by atoms with Gasteiger partial charge in [-0.1, -0.05) is 12.1 Å². The van der Waals surface area contributed by atoms with Gasteiger partial charge < -0.3 is 20.5 Å². The predicted molar refractivity (Wildman–Crippen MR) is 126 cm³/mol. The van der Waals surface area contributed by atoms with Gasteiger partial charge in [0.05, 0.1) is 23.9 Å². The van der Waals surface area contributed by atoms with Crippen molar-refractivity contribution < 1.29 is 14.3 Å². The van der Waals surface area contributed by atoms with E-state index in [0.29, 0.717) is 29.6 Å². The Morgan fingerprint density at radius 2 is 2.03 bits per heavy atom. The zero-order chi connectivity index (χ0) is 22.7. The Balaban J connectivity index is 1.69. The first-order valence-electron chi connectivity index (χ1n) is 10.2. The number of benzene rings is 2. The van der Waals surface area contributed by atoms with Gasteiger partial charge in [-0.2, -0.15) is 0 Å². The molecule has 4 aromatic rings. The highest BCUT2D eigenvalue weighted by atomic mass is 32.1. The van der Waals surface area contributed by atoms with Crippen LogP contribution in [0.5, 0.6) is 11.5 Å². The molecule has 0 aliphatic carbocycles. The molecule has 0 aliphatic heterocycles. The Kier molecular flexibility index (Phi) is 6.18. The Labute approximate surface area is 189 Å².